The van der Waals surface area contributed by atoms with Crippen molar-refractivity contribution >= 4 is 17.7 Å². The van der Waals surface area contributed by atoms with Gasteiger partial charge in [-0.05, 0) is 48.0 Å². The highest BCUT2D eigenvalue weighted by Gasteiger charge is 2.11. The Morgan fingerprint density at radius 2 is 1.70 bits per heavy atom. The van der Waals surface area contributed by atoms with Crippen molar-refractivity contribution in [3.05, 3.63) is 65.2 Å². The molecule has 0 atom stereocenters. The molecule has 0 aromatic heterocycles. The largest absolute Gasteiger partial charge is 0.490 e. The number of nitrogens with zero attached hydrogens (tertiary/aromatic N) is 3. The van der Waals surface area contributed by atoms with E-state index in [1.807, 2.05) is 55.4 Å². The summed E-state index contributed by atoms with van der Waals surface area (Å²) in [6, 6.07) is 17.9. The highest BCUT2D eigenvalue weighted by molar-refractivity contribution is 5.97. The highest BCUT2D eigenvalue weighted by atomic mass is 16.6. The smallest absolute Gasteiger partial charge is 0.349 e. The number of hydrogen-bond donors (Lipinski definition) is 0. The van der Waals surface area contributed by atoms with Gasteiger partial charge in [0.2, 0.25) is 0 Å². The number of benzene rings is 2. The van der Waals surface area contributed by atoms with Crippen LogP contribution in [0.15, 0.2) is 54.1 Å². The van der Waals surface area contributed by atoms with Crippen molar-refractivity contribution in [1.82, 2.24) is 0 Å². The van der Waals surface area contributed by atoms with E-state index in [-0.39, 0.29) is 18.8 Å². The van der Waals surface area contributed by atoms with Crippen LogP contribution in [-0.4, -0.2) is 33.3 Å². The van der Waals surface area contributed by atoms with Gasteiger partial charge in [-0.3, -0.25) is 0 Å². The molecule has 0 bridgehead atoms. The monoisotopic (exact) mass is 361 g/mol. The van der Waals surface area contributed by atoms with Crippen LogP contribution in [0.5, 0.6) is 5.75 Å². The molecule has 0 heterocycles. The Bertz CT molecular complexity index is 886. The summed E-state index contributed by atoms with van der Waals surface area (Å²) in [6.45, 7) is 0.158. The van der Waals surface area contributed by atoms with Crippen molar-refractivity contribution in [1.29, 1.82) is 10.5 Å². The molecule has 2 aromatic carbocycles. The lowest BCUT2D eigenvalue weighted by molar-refractivity contribution is -0.139. The van der Waals surface area contributed by atoms with Crippen LogP contribution in [0, 0.1) is 22.7 Å². The second-order valence-electron chi connectivity index (χ2n) is 5.78. The molecule has 0 N–H and O–H groups in total. The van der Waals surface area contributed by atoms with Gasteiger partial charge in [0.15, 0.2) is 0 Å². The summed E-state index contributed by atoms with van der Waals surface area (Å²) >= 11 is 0. The van der Waals surface area contributed by atoms with Gasteiger partial charge in [-0.1, -0.05) is 12.1 Å². The topological polar surface area (TPSA) is 86.3 Å². The summed E-state index contributed by atoms with van der Waals surface area (Å²) in [6.07, 6.45) is 1.49. The third-order valence-corrected chi connectivity index (χ3v) is 3.63. The first-order valence-electron chi connectivity index (χ1n) is 8.23. The number of nitriles is 2. The minimum atomic E-state index is -0.697. The van der Waals surface area contributed by atoms with Crippen LogP contribution < -0.4 is 9.64 Å². The maximum Gasteiger partial charge on any atom is 0.349 e. The predicted octanol–water partition coefficient (Wildman–Crippen LogP) is 3.15. The third-order valence-electron chi connectivity index (χ3n) is 3.63. The second kappa shape index (κ2) is 9.65. The zero-order chi connectivity index (χ0) is 19.6. The van der Waals surface area contributed by atoms with E-state index in [2.05, 4.69) is 0 Å². The minimum Gasteiger partial charge on any atom is -0.490 e. The Morgan fingerprint density at radius 1 is 1.04 bits per heavy atom. The fraction of sp³-hybridized carbons (Fsp3) is 0.190. The number of hydrogen-bond acceptors (Lipinski definition) is 6. The van der Waals surface area contributed by atoms with Crippen LogP contribution >= 0.6 is 0 Å². The van der Waals surface area contributed by atoms with Gasteiger partial charge in [-0.2, -0.15) is 10.5 Å². The molecule has 0 saturated carbocycles. The van der Waals surface area contributed by atoms with Crippen molar-refractivity contribution in [3.63, 3.8) is 0 Å². The van der Waals surface area contributed by atoms with E-state index in [0.29, 0.717) is 11.3 Å². The average Bonchev–Trinajstić information content (AvgIpc) is 2.70. The lowest BCUT2D eigenvalue weighted by Gasteiger charge is -2.11. The predicted molar refractivity (Wildman–Crippen MR) is 102 cm³/mol. The summed E-state index contributed by atoms with van der Waals surface area (Å²) < 4.78 is 10.5. The lowest BCUT2D eigenvalue weighted by atomic mass is 10.1. The van der Waals surface area contributed by atoms with E-state index in [1.54, 1.807) is 24.3 Å². The maximum atomic E-state index is 12.0. The molecule has 0 spiro atoms. The number of esters is 1. The molecule has 2 rings (SSSR count). The molecule has 0 aliphatic carbocycles. The Morgan fingerprint density at radius 3 is 2.26 bits per heavy atom. The molecule has 2 aromatic rings. The van der Waals surface area contributed by atoms with Gasteiger partial charge in [-0.25, -0.2) is 4.79 Å². The van der Waals surface area contributed by atoms with Crippen LogP contribution in [-0.2, 0) is 9.53 Å². The summed E-state index contributed by atoms with van der Waals surface area (Å²) in [5.41, 5.74) is 2.22. The molecule has 0 unspecified atom stereocenters. The summed E-state index contributed by atoms with van der Waals surface area (Å²) in [5, 5.41) is 17.9. The lowest BCUT2D eigenvalue weighted by Crippen LogP contribution is -2.13. The Hall–Kier alpha value is -3.77. The van der Waals surface area contributed by atoms with Gasteiger partial charge in [0.05, 0.1) is 11.6 Å². The van der Waals surface area contributed by atoms with Gasteiger partial charge >= 0.3 is 5.97 Å². The van der Waals surface area contributed by atoms with Crippen LogP contribution in [0.1, 0.15) is 11.1 Å². The average molecular weight is 361 g/mol. The molecule has 136 valence electrons. The molecular weight excluding hydrogens is 342 g/mol. The first kappa shape index (κ1) is 19.6. The molecule has 0 saturated heterocycles. The first-order chi connectivity index (χ1) is 13.0. The quantitative estimate of drug-likeness (QED) is 0.326. The Balaban J connectivity index is 1.87. The zero-order valence-corrected chi connectivity index (χ0v) is 15.2. The van der Waals surface area contributed by atoms with Gasteiger partial charge in [-0.15, -0.1) is 0 Å². The molecule has 0 aliphatic heterocycles. The normalized spacial score (nSPS) is 10.4. The van der Waals surface area contributed by atoms with E-state index in [0.717, 1.165) is 11.3 Å². The fourth-order valence-electron chi connectivity index (χ4n) is 2.17. The summed E-state index contributed by atoms with van der Waals surface area (Å²) in [7, 11) is 3.87. The molecule has 0 amide bonds. The van der Waals surface area contributed by atoms with Gasteiger partial charge < -0.3 is 14.4 Å². The van der Waals surface area contributed by atoms with E-state index in [4.69, 9.17) is 14.7 Å². The molecule has 27 heavy (non-hydrogen) atoms. The number of carbonyl (C=O) groups is 1. The standard InChI is InChI=1S/C21H19N3O3/c1-24(2)19-7-3-16(4-8-19)13-18(15-23)21(25)27-12-11-26-20-9-5-17(14-22)6-10-20/h3-10,13H,11-12H2,1-2H3/b18-13+. The SMILES string of the molecule is CN(C)c1ccc(/C=C(\C#N)C(=O)OCCOc2ccc(C#N)cc2)cc1. The van der Waals surface area contributed by atoms with Gasteiger partial charge in [0, 0.05) is 19.8 Å². The summed E-state index contributed by atoms with van der Waals surface area (Å²) in [4.78, 5) is 14.0. The Kier molecular flexibility index (Phi) is 6.99. The number of carbonyl (C=O) groups excluding carboxylic acids is 1. The molecule has 0 fully saturated rings. The molecule has 0 radical (unpaired) electrons. The van der Waals surface area contributed by atoms with Crippen molar-refractivity contribution in [3.8, 4) is 17.9 Å². The molecule has 0 aliphatic rings. The van der Waals surface area contributed by atoms with E-state index >= 15 is 0 Å². The maximum absolute atomic E-state index is 12.0. The second-order valence-corrected chi connectivity index (χ2v) is 5.78. The molecule has 6 heteroatoms. The van der Waals surface area contributed by atoms with Crippen molar-refractivity contribution in [2.45, 2.75) is 0 Å². The van der Waals surface area contributed by atoms with Crippen LogP contribution in [0.2, 0.25) is 0 Å². The minimum absolute atomic E-state index is 0.0113. The van der Waals surface area contributed by atoms with Crippen molar-refractivity contribution < 1.29 is 14.3 Å². The fourth-order valence-corrected chi connectivity index (χ4v) is 2.17. The zero-order valence-electron chi connectivity index (χ0n) is 15.2. The molecule has 6 nitrogen and oxygen atoms in total. The van der Waals surface area contributed by atoms with E-state index in [9.17, 15) is 10.1 Å². The van der Waals surface area contributed by atoms with Gasteiger partial charge in [0.1, 0.15) is 30.6 Å². The number of ether oxygens (including phenoxy) is 2. The van der Waals surface area contributed by atoms with Crippen LogP contribution in [0.4, 0.5) is 5.69 Å². The van der Waals surface area contributed by atoms with Crippen LogP contribution in [0.25, 0.3) is 6.08 Å². The first-order valence-corrected chi connectivity index (χ1v) is 8.23. The van der Waals surface area contributed by atoms with E-state index < -0.39 is 5.97 Å². The summed E-state index contributed by atoms with van der Waals surface area (Å²) in [5.74, 6) is -0.125. The molecular formula is C21H19N3O3. The van der Waals surface area contributed by atoms with Crippen molar-refractivity contribution in [2.24, 2.45) is 0 Å². The highest BCUT2D eigenvalue weighted by Crippen LogP contribution is 2.15. The number of anilines is 1. The van der Waals surface area contributed by atoms with Crippen molar-refractivity contribution in [2.75, 3.05) is 32.2 Å². The van der Waals surface area contributed by atoms with Gasteiger partial charge in [0.25, 0.3) is 0 Å². The van der Waals surface area contributed by atoms with E-state index in [1.165, 1.54) is 6.08 Å². The van der Waals surface area contributed by atoms with Crippen LogP contribution in [0.3, 0.4) is 0 Å². The third kappa shape index (κ3) is 5.91. The number of rotatable bonds is 7. The Labute approximate surface area is 158 Å².